The summed E-state index contributed by atoms with van der Waals surface area (Å²) >= 11 is 5.98. The molecule has 0 saturated heterocycles. The zero-order valence-corrected chi connectivity index (χ0v) is 18.6. The maximum atomic E-state index is 13.4. The third kappa shape index (κ3) is 4.25. The molecule has 0 aliphatic carbocycles. The molecule has 0 aliphatic rings. The molecule has 5 nitrogen and oxygen atoms in total. The molecule has 1 heterocycles. The number of aromatic nitrogens is 1. The van der Waals surface area contributed by atoms with Crippen molar-refractivity contribution < 1.29 is 19.1 Å². The van der Waals surface area contributed by atoms with Gasteiger partial charge in [0, 0.05) is 21.7 Å². The second kappa shape index (κ2) is 9.28. The Bertz CT molecular complexity index is 1280. The number of benzene rings is 3. The Balaban J connectivity index is 1.71. The van der Waals surface area contributed by atoms with Crippen LogP contribution in [0.15, 0.2) is 72.8 Å². The second-order valence-electron chi connectivity index (χ2n) is 7.39. The maximum absolute atomic E-state index is 13.4. The van der Waals surface area contributed by atoms with Crippen LogP contribution in [-0.4, -0.2) is 23.6 Å². The van der Waals surface area contributed by atoms with Gasteiger partial charge in [-0.2, -0.15) is 0 Å². The first-order valence-corrected chi connectivity index (χ1v) is 10.5. The van der Waals surface area contributed by atoms with E-state index in [1.807, 2.05) is 49.4 Å². The van der Waals surface area contributed by atoms with Crippen LogP contribution in [-0.2, 0) is 22.6 Å². The van der Waals surface area contributed by atoms with Gasteiger partial charge in [0.15, 0.2) is 0 Å². The normalized spacial score (nSPS) is 10.8. The first-order chi connectivity index (χ1) is 15.5. The molecule has 0 radical (unpaired) electrons. The molecule has 0 bridgehead atoms. The van der Waals surface area contributed by atoms with Crippen LogP contribution in [0.2, 0.25) is 5.02 Å². The van der Waals surface area contributed by atoms with Gasteiger partial charge in [-0.1, -0.05) is 54.1 Å². The van der Waals surface area contributed by atoms with Gasteiger partial charge in [-0.25, -0.2) is 0 Å². The number of ether oxygens (including phenoxy) is 2. The minimum atomic E-state index is -0.363. The third-order valence-electron chi connectivity index (χ3n) is 5.40. The highest BCUT2D eigenvalue weighted by atomic mass is 35.5. The molecular formula is C26H22ClNO4. The molecule has 0 aliphatic heterocycles. The summed E-state index contributed by atoms with van der Waals surface area (Å²) in [5, 5.41) is 1.33. The van der Waals surface area contributed by atoms with Gasteiger partial charge in [-0.3, -0.25) is 14.2 Å². The number of hydrogen-bond acceptors (Lipinski definition) is 4. The van der Waals surface area contributed by atoms with Crippen molar-refractivity contribution in [2.75, 3.05) is 7.11 Å². The van der Waals surface area contributed by atoms with E-state index in [2.05, 4.69) is 0 Å². The summed E-state index contributed by atoms with van der Waals surface area (Å²) in [5.41, 5.74) is 3.43. The average molecular weight is 448 g/mol. The van der Waals surface area contributed by atoms with Crippen LogP contribution in [0.5, 0.6) is 5.75 Å². The van der Waals surface area contributed by atoms with Crippen molar-refractivity contribution in [3.63, 3.8) is 0 Å². The number of para-hydroxylation sites is 1. The van der Waals surface area contributed by atoms with E-state index in [4.69, 9.17) is 21.1 Å². The fourth-order valence-electron chi connectivity index (χ4n) is 3.79. The molecule has 0 fully saturated rings. The molecule has 0 saturated carbocycles. The van der Waals surface area contributed by atoms with Gasteiger partial charge in [0.1, 0.15) is 12.4 Å². The van der Waals surface area contributed by atoms with Gasteiger partial charge in [-0.05, 0) is 48.4 Å². The smallest absolute Gasteiger partial charge is 0.310 e. The Kier molecular flexibility index (Phi) is 6.28. The Morgan fingerprint density at radius 1 is 0.938 bits per heavy atom. The number of esters is 1. The lowest BCUT2D eigenvalue weighted by molar-refractivity contribution is -0.144. The van der Waals surface area contributed by atoms with Crippen molar-refractivity contribution in [3.05, 3.63) is 100 Å². The zero-order chi connectivity index (χ0) is 22.7. The predicted molar refractivity (Wildman–Crippen MR) is 124 cm³/mol. The quantitative estimate of drug-likeness (QED) is 0.362. The molecule has 32 heavy (non-hydrogen) atoms. The van der Waals surface area contributed by atoms with E-state index in [1.165, 1.54) is 0 Å². The van der Waals surface area contributed by atoms with Crippen LogP contribution in [0.25, 0.3) is 10.9 Å². The number of methoxy groups -OCH3 is 1. The minimum Gasteiger partial charge on any atom is -0.495 e. The Labute approximate surface area is 191 Å². The molecule has 0 atom stereocenters. The molecule has 4 aromatic rings. The first kappa shape index (κ1) is 21.7. The highest BCUT2D eigenvalue weighted by Crippen LogP contribution is 2.34. The first-order valence-electron chi connectivity index (χ1n) is 10.2. The number of carbonyl (C=O) groups excluding carboxylic acids is 2. The summed E-state index contributed by atoms with van der Waals surface area (Å²) in [5.74, 6) is -0.0350. The zero-order valence-electron chi connectivity index (χ0n) is 17.8. The summed E-state index contributed by atoms with van der Waals surface area (Å²) in [7, 11) is 1.56. The van der Waals surface area contributed by atoms with Gasteiger partial charge in [0.25, 0.3) is 5.91 Å². The minimum absolute atomic E-state index is 0.0449. The molecular weight excluding hydrogens is 426 g/mol. The van der Waals surface area contributed by atoms with Crippen LogP contribution in [0.1, 0.15) is 27.2 Å². The Hall–Kier alpha value is -3.57. The molecule has 0 unspecified atom stereocenters. The van der Waals surface area contributed by atoms with E-state index in [0.717, 1.165) is 16.5 Å². The number of carbonyl (C=O) groups is 2. The van der Waals surface area contributed by atoms with Crippen LogP contribution < -0.4 is 4.74 Å². The molecule has 0 amide bonds. The van der Waals surface area contributed by atoms with E-state index < -0.39 is 0 Å². The van der Waals surface area contributed by atoms with E-state index in [-0.39, 0.29) is 24.9 Å². The summed E-state index contributed by atoms with van der Waals surface area (Å²) in [4.78, 5) is 26.1. The number of halogens is 1. The standard InChI is InChI=1S/C26H22ClNO4/c1-17-22(15-24(29)32-16-18-7-4-3-5-8-18)21-9-6-10-23(31-2)25(21)28(17)26(30)19-11-13-20(27)14-12-19/h3-14H,15-16H2,1-2H3. The molecule has 0 spiro atoms. The SMILES string of the molecule is COc1cccc2c(CC(=O)OCc3ccccc3)c(C)n(C(=O)c3ccc(Cl)cc3)c12. The van der Waals surface area contributed by atoms with Crippen LogP contribution in [0.3, 0.4) is 0 Å². The lowest BCUT2D eigenvalue weighted by Crippen LogP contribution is -2.15. The lowest BCUT2D eigenvalue weighted by atomic mass is 10.1. The summed E-state index contributed by atoms with van der Waals surface area (Å²) in [6, 6.07) is 21.7. The average Bonchev–Trinajstić information content (AvgIpc) is 3.09. The van der Waals surface area contributed by atoms with E-state index >= 15 is 0 Å². The lowest BCUT2D eigenvalue weighted by Gasteiger charge is -2.10. The van der Waals surface area contributed by atoms with Crippen LogP contribution in [0, 0.1) is 6.92 Å². The number of nitrogens with zero attached hydrogens (tertiary/aromatic N) is 1. The van der Waals surface area contributed by atoms with E-state index in [0.29, 0.717) is 27.5 Å². The van der Waals surface area contributed by atoms with Gasteiger partial charge >= 0.3 is 5.97 Å². The highest BCUT2D eigenvalue weighted by Gasteiger charge is 2.24. The molecule has 6 heteroatoms. The van der Waals surface area contributed by atoms with Crippen molar-refractivity contribution in [2.45, 2.75) is 20.0 Å². The molecule has 1 aromatic heterocycles. The predicted octanol–water partition coefficient (Wildman–Crippen LogP) is 5.59. The highest BCUT2D eigenvalue weighted by molar-refractivity contribution is 6.30. The maximum Gasteiger partial charge on any atom is 0.310 e. The van der Waals surface area contributed by atoms with E-state index in [9.17, 15) is 9.59 Å². The second-order valence-corrected chi connectivity index (χ2v) is 7.83. The largest absolute Gasteiger partial charge is 0.495 e. The fourth-order valence-corrected chi connectivity index (χ4v) is 3.92. The molecule has 0 N–H and O–H groups in total. The van der Waals surface area contributed by atoms with E-state index in [1.54, 1.807) is 42.0 Å². The van der Waals surface area contributed by atoms with Gasteiger partial charge in [0.05, 0.1) is 19.0 Å². The van der Waals surface area contributed by atoms with Crippen molar-refractivity contribution in [1.82, 2.24) is 4.57 Å². The molecule has 3 aromatic carbocycles. The van der Waals surface area contributed by atoms with Crippen molar-refractivity contribution in [3.8, 4) is 5.75 Å². The Morgan fingerprint density at radius 3 is 2.34 bits per heavy atom. The Morgan fingerprint density at radius 2 is 1.66 bits per heavy atom. The molecule has 4 rings (SSSR count). The van der Waals surface area contributed by atoms with Gasteiger partial charge in [-0.15, -0.1) is 0 Å². The summed E-state index contributed by atoms with van der Waals surface area (Å²) in [6.45, 7) is 2.03. The van der Waals surface area contributed by atoms with Gasteiger partial charge < -0.3 is 9.47 Å². The van der Waals surface area contributed by atoms with Gasteiger partial charge in [0.2, 0.25) is 0 Å². The van der Waals surface area contributed by atoms with Crippen LogP contribution in [0.4, 0.5) is 0 Å². The number of fused-ring (bicyclic) bond motifs is 1. The monoisotopic (exact) mass is 447 g/mol. The number of rotatable bonds is 6. The molecule has 162 valence electrons. The summed E-state index contributed by atoms with van der Waals surface area (Å²) < 4.78 is 12.6. The van der Waals surface area contributed by atoms with Crippen LogP contribution >= 0.6 is 11.6 Å². The van der Waals surface area contributed by atoms with Crippen molar-refractivity contribution >= 4 is 34.4 Å². The number of hydrogen-bond donors (Lipinski definition) is 0. The third-order valence-corrected chi connectivity index (χ3v) is 5.65. The van der Waals surface area contributed by atoms with Crippen molar-refractivity contribution in [1.29, 1.82) is 0 Å². The fraction of sp³-hybridized carbons (Fsp3) is 0.154. The van der Waals surface area contributed by atoms with Crippen molar-refractivity contribution in [2.24, 2.45) is 0 Å². The topological polar surface area (TPSA) is 57.5 Å². The summed E-state index contributed by atoms with van der Waals surface area (Å²) in [6.07, 6.45) is 0.0449.